The number of carboxylic acid groups (broad SMARTS) is 1. The maximum Gasteiger partial charge on any atom is 0.303 e. The third-order valence-corrected chi connectivity index (χ3v) is 11.9. The van der Waals surface area contributed by atoms with Gasteiger partial charge in [0.1, 0.15) is 19.8 Å². The van der Waals surface area contributed by atoms with Gasteiger partial charge in [-0.2, -0.15) is 0 Å². The van der Waals surface area contributed by atoms with Crippen LogP contribution in [0.5, 0.6) is 0 Å². The Balaban J connectivity index is 3.63. The molecule has 0 spiro atoms. The van der Waals surface area contributed by atoms with E-state index in [9.17, 15) is 38.4 Å². The monoisotopic (exact) mass is 1070 g/mol. The Hall–Kier alpha value is -4.20. The molecule has 0 fully saturated rings. The van der Waals surface area contributed by atoms with Crippen LogP contribution in [0.25, 0.3) is 0 Å². The van der Waals surface area contributed by atoms with E-state index in [2.05, 4.69) is 37.2 Å². The Bertz CT molecular complexity index is 1570. The number of carbonyl (C=O) groups excluding carboxylic acids is 7. The number of primary amides is 1. The number of hydrogen-bond donors (Lipinski definition) is 9. The van der Waals surface area contributed by atoms with Gasteiger partial charge in [0.05, 0.1) is 89.7 Å². The largest absolute Gasteiger partial charge is 0.481 e. The molecule has 1 atom stereocenters. The molecule has 0 radical (unpaired) electrons. The summed E-state index contributed by atoms with van der Waals surface area (Å²) in [5.41, 5.74) is 3.82. The first-order chi connectivity index (χ1) is 35.9. The predicted octanol–water partition coefficient (Wildman–Crippen LogP) is 1.61. The van der Waals surface area contributed by atoms with Gasteiger partial charge in [-0.05, 0) is 66.3 Å². The van der Waals surface area contributed by atoms with Crippen LogP contribution in [0.3, 0.4) is 0 Å². The van der Waals surface area contributed by atoms with Crippen LogP contribution in [0.2, 0.25) is 0 Å². The quantitative estimate of drug-likeness (QED) is 0.0391. The second-order valence-electron chi connectivity index (χ2n) is 19.3. The molecule has 0 aromatic heterocycles. The van der Waals surface area contributed by atoms with Crippen molar-refractivity contribution in [3.8, 4) is 0 Å². The van der Waals surface area contributed by atoms with Crippen molar-refractivity contribution in [2.75, 3.05) is 125 Å². The van der Waals surface area contributed by atoms with Crippen molar-refractivity contribution in [3.63, 3.8) is 0 Å². The van der Waals surface area contributed by atoms with Crippen LogP contribution in [-0.2, 0) is 66.8 Å². The molecule has 0 bridgehead atoms. The van der Waals surface area contributed by atoms with Gasteiger partial charge in [-0.25, -0.2) is 0 Å². The van der Waals surface area contributed by atoms with Gasteiger partial charge in [0, 0.05) is 39.0 Å². The van der Waals surface area contributed by atoms with Gasteiger partial charge in [-0.3, -0.25) is 49.0 Å². The van der Waals surface area contributed by atoms with E-state index in [-0.39, 0.29) is 134 Å². The first-order valence-corrected chi connectivity index (χ1v) is 27.3. The highest BCUT2D eigenvalue weighted by Gasteiger charge is 2.32. The number of carboxylic acids is 1. The number of ether oxygens (including phenoxy) is 6. The lowest BCUT2D eigenvalue weighted by Crippen LogP contribution is -2.57. The fourth-order valence-electron chi connectivity index (χ4n) is 7.16. The molecule has 0 aromatic rings. The van der Waals surface area contributed by atoms with E-state index < -0.39 is 29.0 Å². The minimum Gasteiger partial charge on any atom is -0.481 e. The molecule has 23 heteroatoms. The molecule has 5 amide bonds. The lowest BCUT2D eigenvalue weighted by atomic mass is 9.95. The first kappa shape index (κ1) is 70.8. The van der Waals surface area contributed by atoms with Crippen LogP contribution in [0, 0.1) is 0 Å². The zero-order valence-corrected chi connectivity index (χ0v) is 46.3. The summed E-state index contributed by atoms with van der Waals surface area (Å²) < 4.78 is 32.3. The van der Waals surface area contributed by atoms with Crippen LogP contribution >= 0.6 is 0 Å². The topological polar surface area (TPSA) is 322 Å². The average molecular weight is 1080 g/mol. The van der Waals surface area contributed by atoms with Crippen LogP contribution < -0.4 is 43.0 Å². The molecule has 0 aliphatic rings. The number of rotatable bonds is 55. The summed E-state index contributed by atoms with van der Waals surface area (Å²) in [7, 11) is 0. The van der Waals surface area contributed by atoms with Gasteiger partial charge in [0.2, 0.25) is 29.5 Å². The van der Waals surface area contributed by atoms with E-state index in [1.165, 1.54) is 38.5 Å². The predicted molar refractivity (Wildman–Crippen MR) is 284 cm³/mol. The Kier molecular flexibility index (Phi) is 44.4. The van der Waals surface area contributed by atoms with Crippen molar-refractivity contribution in [3.05, 3.63) is 0 Å². The van der Waals surface area contributed by atoms with E-state index in [0.29, 0.717) is 58.5 Å². The molecule has 0 aliphatic heterocycles. The molecule has 75 heavy (non-hydrogen) atoms. The van der Waals surface area contributed by atoms with Crippen molar-refractivity contribution in [2.45, 2.75) is 161 Å². The Morgan fingerprint density at radius 2 is 0.813 bits per heavy atom. The van der Waals surface area contributed by atoms with Crippen LogP contribution in [-0.4, -0.2) is 194 Å². The lowest BCUT2D eigenvalue weighted by Gasteiger charge is -2.29. The number of likely N-dealkylation sites (N-methyl/N-ethyl adjacent to an activating group) is 1. The van der Waals surface area contributed by atoms with E-state index in [4.69, 9.17) is 39.3 Å². The number of Topliss-reactive ketones (excluding diaryl/α,β-unsaturated/α-hetero) is 2. The fraction of sp³-hybridized carbons (Fsp3) is 0.846. The summed E-state index contributed by atoms with van der Waals surface area (Å²) in [5.74, 6) is -2.48. The lowest BCUT2D eigenvalue weighted by molar-refractivity contribution is -0.137. The summed E-state index contributed by atoms with van der Waals surface area (Å²) in [6, 6.07) is -0.731. The maximum absolute atomic E-state index is 12.9. The van der Waals surface area contributed by atoms with E-state index >= 15 is 0 Å². The third-order valence-electron chi connectivity index (χ3n) is 11.9. The summed E-state index contributed by atoms with van der Waals surface area (Å²) in [6.45, 7) is 12.5. The highest BCUT2D eigenvalue weighted by atomic mass is 16.5. The molecular weight excluding hydrogens is 977 g/mol. The third kappa shape index (κ3) is 44.6. The number of amides is 5. The molecule has 0 heterocycles. The number of hydrogen-bond acceptors (Lipinski definition) is 17. The number of nitrogens with two attached hydrogens (primary N) is 1. The first-order valence-electron chi connectivity index (χ1n) is 27.3. The van der Waals surface area contributed by atoms with Crippen molar-refractivity contribution in [1.29, 1.82) is 0 Å². The average Bonchev–Trinajstić information content (AvgIpc) is 3.36. The molecule has 23 nitrogen and oxygen atoms in total. The standard InChI is InChI=1S/C52H98N8O15/c1-6-59-51(2,3)44(62)38-60-52(4,5)43(61)37-58-42(50(53)69)21-19-20-24-54-46(64)39-73-34-32-71-29-26-56-48(66)41-75-36-33-72-30-27-57-47(65)40-74-35-31-70-28-25-55-45(63)22-17-15-13-11-9-7-8-10-12-14-16-18-23-49(67)68/h42,58-60H,6-41H2,1-5H3,(H2,53,69)(H,54,64)(H,55,63)(H,56,66)(H,57,65)(H,67,68)/t42-/m0/s1. The van der Waals surface area contributed by atoms with E-state index in [1.54, 1.807) is 27.7 Å². The number of nitrogens with one attached hydrogen (secondary N) is 7. The van der Waals surface area contributed by atoms with Gasteiger partial charge in [0.15, 0.2) is 11.6 Å². The van der Waals surface area contributed by atoms with Crippen molar-refractivity contribution in [1.82, 2.24) is 37.2 Å². The Morgan fingerprint density at radius 3 is 1.24 bits per heavy atom. The van der Waals surface area contributed by atoms with Gasteiger partial charge in [0.25, 0.3) is 0 Å². The molecule has 0 saturated heterocycles. The maximum atomic E-state index is 12.9. The molecule has 436 valence electrons. The zero-order chi connectivity index (χ0) is 55.8. The summed E-state index contributed by atoms with van der Waals surface area (Å²) in [5, 5.41) is 28.7. The number of unbranched alkanes of at least 4 members (excludes halogenated alkanes) is 12. The SMILES string of the molecule is CCNC(C)(C)C(=O)CNC(C)(C)C(=O)CN[C@@H](CCCCNC(=O)COCCOCCNC(=O)COCCOCCNC(=O)COCCOCCNC(=O)CCCCCCCCCCCCCCC(=O)O)C(N)=O. The molecular formula is C52H98N8O15. The molecule has 0 rings (SSSR count). The molecule has 0 saturated carbocycles. The Labute approximate surface area is 446 Å². The smallest absolute Gasteiger partial charge is 0.303 e. The second-order valence-corrected chi connectivity index (χ2v) is 19.3. The summed E-state index contributed by atoms with van der Waals surface area (Å²) in [4.78, 5) is 96.1. The van der Waals surface area contributed by atoms with Crippen LogP contribution in [0.15, 0.2) is 0 Å². The number of carbonyl (C=O) groups is 8. The number of ketones is 2. The highest BCUT2D eigenvalue weighted by Crippen LogP contribution is 2.13. The summed E-state index contributed by atoms with van der Waals surface area (Å²) >= 11 is 0. The fourth-order valence-corrected chi connectivity index (χ4v) is 7.16. The zero-order valence-electron chi connectivity index (χ0n) is 46.3. The molecule has 0 aromatic carbocycles. The van der Waals surface area contributed by atoms with Crippen LogP contribution in [0.4, 0.5) is 0 Å². The van der Waals surface area contributed by atoms with Crippen molar-refractivity contribution < 1.29 is 71.9 Å². The van der Waals surface area contributed by atoms with Gasteiger partial charge < -0.3 is 65.8 Å². The van der Waals surface area contributed by atoms with Gasteiger partial charge >= 0.3 is 5.97 Å². The second kappa shape index (κ2) is 47.0. The highest BCUT2D eigenvalue weighted by molar-refractivity contribution is 5.93. The van der Waals surface area contributed by atoms with Crippen molar-refractivity contribution >= 4 is 47.1 Å². The van der Waals surface area contributed by atoms with Crippen molar-refractivity contribution in [2.24, 2.45) is 5.73 Å². The number of aliphatic carboxylic acids is 1. The van der Waals surface area contributed by atoms with Gasteiger partial charge in [-0.15, -0.1) is 0 Å². The normalized spacial score (nSPS) is 12.0. The molecule has 0 unspecified atom stereocenters. The molecule has 10 N–H and O–H groups in total. The summed E-state index contributed by atoms with van der Waals surface area (Å²) in [6.07, 6.45) is 15.5. The molecule has 0 aliphatic carbocycles. The minimum absolute atomic E-state index is 0.00764. The van der Waals surface area contributed by atoms with Crippen LogP contribution in [0.1, 0.15) is 144 Å². The van der Waals surface area contributed by atoms with Gasteiger partial charge in [-0.1, -0.05) is 71.1 Å². The Morgan fingerprint density at radius 1 is 0.440 bits per heavy atom. The van der Waals surface area contributed by atoms with E-state index in [0.717, 1.165) is 38.5 Å². The van der Waals surface area contributed by atoms with E-state index in [1.807, 2.05) is 6.92 Å². The minimum atomic E-state index is -1.01.